The van der Waals surface area contributed by atoms with Gasteiger partial charge in [0.25, 0.3) is 5.91 Å². The summed E-state index contributed by atoms with van der Waals surface area (Å²) >= 11 is 0. The van der Waals surface area contributed by atoms with E-state index >= 15 is 0 Å². The molecule has 7 nitrogen and oxygen atoms in total. The number of ether oxygens (including phenoxy) is 2. The van der Waals surface area contributed by atoms with Crippen molar-refractivity contribution in [1.29, 1.82) is 0 Å². The van der Waals surface area contributed by atoms with Crippen LogP contribution in [0.15, 0.2) is 18.2 Å². The van der Waals surface area contributed by atoms with Crippen LogP contribution in [0.3, 0.4) is 0 Å². The summed E-state index contributed by atoms with van der Waals surface area (Å²) in [4.78, 5) is 12.2. The number of nitrogens with two attached hydrogens (primary N) is 1. The molecule has 0 saturated carbocycles. The number of nitrogen functional groups attached to an aromatic ring is 1. The Morgan fingerprint density at radius 3 is 2.70 bits per heavy atom. The van der Waals surface area contributed by atoms with Gasteiger partial charge in [0.15, 0.2) is 11.5 Å². The van der Waals surface area contributed by atoms with Gasteiger partial charge in [0.1, 0.15) is 5.69 Å². The van der Waals surface area contributed by atoms with Crippen molar-refractivity contribution in [3.8, 4) is 11.5 Å². The van der Waals surface area contributed by atoms with Crippen LogP contribution in [-0.4, -0.2) is 22.5 Å². The average molecular weight is 274 g/mol. The van der Waals surface area contributed by atoms with Crippen molar-refractivity contribution in [3.63, 3.8) is 0 Å². The van der Waals surface area contributed by atoms with Crippen molar-refractivity contribution in [3.05, 3.63) is 29.6 Å². The zero-order valence-corrected chi connectivity index (χ0v) is 11.1. The van der Waals surface area contributed by atoms with E-state index in [0.29, 0.717) is 28.6 Å². The predicted octanol–water partition coefficient (Wildman–Crippen LogP) is 1.29. The number of rotatable bonds is 2. The Hall–Kier alpha value is -2.70. The molecule has 1 aliphatic rings. The molecule has 0 unspecified atom stereocenters. The Kier molecular flexibility index (Phi) is 2.74. The fourth-order valence-electron chi connectivity index (χ4n) is 2.08. The molecule has 0 saturated heterocycles. The van der Waals surface area contributed by atoms with E-state index in [0.717, 1.165) is 5.69 Å². The average Bonchev–Trinajstić information content (AvgIpc) is 2.95. The van der Waals surface area contributed by atoms with Gasteiger partial charge in [-0.15, -0.1) is 0 Å². The zero-order valence-electron chi connectivity index (χ0n) is 11.1. The van der Waals surface area contributed by atoms with Crippen LogP contribution in [0.25, 0.3) is 0 Å². The van der Waals surface area contributed by atoms with Crippen LogP contribution in [0.2, 0.25) is 0 Å². The van der Waals surface area contributed by atoms with Crippen LogP contribution >= 0.6 is 0 Å². The van der Waals surface area contributed by atoms with Crippen LogP contribution in [0.1, 0.15) is 16.2 Å². The van der Waals surface area contributed by atoms with Crippen molar-refractivity contribution in [2.45, 2.75) is 6.92 Å². The van der Waals surface area contributed by atoms with E-state index in [9.17, 15) is 4.79 Å². The number of anilines is 2. The number of amides is 1. The summed E-state index contributed by atoms with van der Waals surface area (Å²) in [6.45, 7) is 1.98. The normalized spacial score (nSPS) is 12.5. The van der Waals surface area contributed by atoms with E-state index in [2.05, 4.69) is 10.4 Å². The SMILES string of the molecule is Cc1cc(C(=O)Nc2cc3c(cc2N)OCO3)n(C)n1. The number of hydrogen-bond donors (Lipinski definition) is 2. The molecule has 20 heavy (non-hydrogen) atoms. The van der Waals surface area contributed by atoms with Gasteiger partial charge in [0.05, 0.1) is 17.1 Å². The third-order valence-electron chi connectivity index (χ3n) is 3.03. The summed E-state index contributed by atoms with van der Waals surface area (Å²) in [5.41, 5.74) is 8.03. The number of benzene rings is 1. The third kappa shape index (κ3) is 2.03. The third-order valence-corrected chi connectivity index (χ3v) is 3.03. The Balaban J connectivity index is 1.88. The summed E-state index contributed by atoms with van der Waals surface area (Å²) in [6.07, 6.45) is 0. The lowest BCUT2D eigenvalue weighted by atomic mass is 10.2. The Bertz CT molecular complexity index is 693. The fraction of sp³-hybridized carbons (Fsp3) is 0.231. The maximum Gasteiger partial charge on any atom is 0.273 e. The number of aromatic nitrogens is 2. The second-order valence-electron chi connectivity index (χ2n) is 4.54. The van der Waals surface area contributed by atoms with Gasteiger partial charge in [0, 0.05) is 19.2 Å². The first-order valence-electron chi connectivity index (χ1n) is 6.05. The van der Waals surface area contributed by atoms with Crippen LogP contribution in [0, 0.1) is 6.92 Å². The largest absolute Gasteiger partial charge is 0.454 e. The van der Waals surface area contributed by atoms with Crippen molar-refractivity contribution in [2.24, 2.45) is 7.05 Å². The van der Waals surface area contributed by atoms with Gasteiger partial charge in [-0.1, -0.05) is 0 Å². The molecule has 0 atom stereocenters. The molecular formula is C13H14N4O3. The molecule has 0 spiro atoms. The van der Waals surface area contributed by atoms with Crippen molar-refractivity contribution in [2.75, 3.05) is 17.8 Å². The highest BCUT2D eigenvalue weighted by Gasteiger charge is 2.19. The quantitative estimate of drug-likeness (QED) is 0.805. The number of hydrogen-bond acceptors (Lipinski definition) is 5. The van der Waals surface area contributed by atoms with Gasteiger partial charge in [-0.25, -0.2) is 0 Å². The summed E-state index contributed by atoms with van der Waals surface area (Å²) in [7, 11) is 1.71. The van der Waals surface area contributed by atoms with Gasteiger partial charge < -0.3 is 20.5 Å². The van der Waals surface area contributed by atoms with Gasteiger partial charge in [0.2, 0.25) is 6.79 Å². The number of nitrogens with zero attached hydrogens (tertiary/aromatic N) is 2. The summed E-state index contributed by atoms with van der Waals surface area (Å²) < 4.78 is 12.0. The maximum atomic E-state index is 12.2. The van der Waals surface area contributed by atoms with Crippen LogP contribution in [0.5, 0.6) is 11.5 Å². The second-order valence-corrected chi connectivity index (χ2v) is 4.54. The first-order chi connectivity index (χ1) is 9.54. The molecule has 1 amide bonds. The minimum Gasteiger partial charge on any atom is -0.454 e. The smallest absolute Gasteiger partial charge is 0.273 e. The summed E-state index contributed by atoms with van der Waals surface area (Å²) in [6, 6.07) is 4.99. The molecule has 3 rings (SSSR count). The highest BCUT2D eigenvalue weighted by Crippen LogP contribution is 2.38. The van der Waals surface area contributed by atoms with E-state index in [-0.39, 0.29) is 12.7 Å². The van der Waals surface area contributed by atoms with Crippen LogP contribution in [0.4, 0.5) is 11.4 Å². The molecule has 7 heteroatoms. The maximum absolute atomic E-state index is 12.2. The Morgan fingerprint density at radius 1 is 1.35 bits per heavy atom. The summed E-state index contributed by atoms with van der Waals surface area (Å²) in [5, 5.41) is 6.88. The molecule has 0 aliphatic carbocycles. The van der Waals surface area contributed by atoms with E-state index in [1.807, 2.05) is 6.92 Å². The molecule has 1 aromatic carbocycles. The number of carbonyl (C=O) groups excluding carboxylic acids is 1. The Labute approximate surface area is 115 Å². The molecule has 3 N–H and O–H groups in total. The standard InChI is InChI=1S/C13H14N4O3/c1-7-3-10(17(2)16-7)13(18)15-9-5-12-11(4-8(9)14)19-6-20-12/h3-5H,6,14H2,1-2H3,(H,15,18). The van der Waals surface area contributed by atoms with E-state index in [4.69, 9.17) is 15.2 Å². The number of nitrogens with one attached hydrogen (secondary N) is 1. The molecule has 2 aromatic rings. The molecule has 0 radical (unpaired) electrons. The minimum atomic E-state index is -0.279. The van der Waals surface area contributed by atoms with E-state index < -0.39 is 0 Å². The second kappa shape index (κ2) is 4.44. The van der Waals surface area contributed by atoms with Gasteiger partial charge in [-0.05, 0) is 13.0 Å². The van der Waals surface area contributed by atoms with Crippen molar-refractivity contribution < 1.29 is 14.3 Å². The number of carbonyl (C=O) groups is 1. The minimum absolute atomic E-state index is 0.160. The first-order valence-corrected chi connectivity index (χ1v) is 6.05. The number of aryl methyl sites for hydroxylation is 2. The van der Waals surface area contributed by atoms with Gasteiger partial charge in [-0.3, -0.25) is 9.48 Å². The predicted molar refractivity (Wildman–Crippen MR) is 72.9 cm³/mol. The van der Waals surface area contributed by atoms with Gasteiger partial charge >= 0.3 is 0 Å². The topological polar surface area (TPSA) is 91.4 Å². The molecule has 1 aliphatic heterocycles. The molecule has 2 heterocycles. The lowest BCUT2D eigenvalue weighted by Gasteiger charge is -2.09. The van der Waals surface area contributed by atoms with Crippen molar-refractivity contribution in [1.82, 2.24) is 9.78 Å². The monoisotopic (exact) mass is 274 g/mol. The van der Waals surface area contributed by atoms with E-state index in [1.165, 1.54) is 4.68 Å². The molecule has 1 aromatic heterocycles. The zero-order chi connectivity index (χ0) is 14.3. The number of fused-ring (bicyclic) bond motifs is 1. The first kappa shape index (κ1) is 12.3. The molecule has 0 bridgehead atoms. The van der Waals surface area contributed by atoms with Crippen LogP contribution in [-0.2, 0) is 7.05 Å². The molecular weight excluding hydrogens is 260 g/mol. The molecule has 0 fully saturated rings. The lowest BCUT2D eigenvalue weighted by molar-refractivity contribution is 0.101. The van der Waals surface area contributed by atoms with Gasteiger partial charge in [-0.2, -0.15) is 5.10 Å². The highest BCUT2D eigenvalue weighted by molar-refractivity contribution is 6.05. The van der Waals surface area contributed by atoms with Crippen LogP contribution < -0.4 is 20.5 Å². The lowest BCUT2D eigenvalue weighted by Crippen LogP contribution is -2.16. The van der Waals surface area contributed by atoms with Crippen molar-refractivity contribution >= 4 is 17.3 Å². The Morgan fingerprint density at radius 2 is 2.05 bits per heavy atom. The highest BCUT2D eigenvalue weighted by atomic mass is 16.7. The fourth-order valence-corrected chi connectivity index (χ4v) is 2.08. The summed E-state index contributed by atoms with van der Waals surface area (Å²) in [5.74, 6) is 0.867. The molecule has 104 valence electrons. The van der Waals surface area contributed by atoms with E-state index in [1.54, 1.807) is 25.2 Å².